The number of carboxylic acids is 1. The van der Waals surface area contributed by atoms with Gasteiger partial charge in [0.25, 0.3) is 0 Å². The molecule has 3 nitrogen and oxygen atoms in total. The Hall–Kier alpha value is -0.510. The van der Waals surface area contributed by atoms with E-state index in [1.54, 1.807) is 6.92 Å². The fraction of sp³-hybridized carbons (Fsp3) is 0.800. The van der Waals surface area contributed by atoms with Gasteiger partial charge in [-0.3, -0.25) is 9.59 Å². The summed E-state index contributed by atoms with van der Waals surface area (Å²) in [6.45, 7) is 7.24. The van der Waals surface area contributed by atoms with Crippen molar-refractivity contribution in [3.8, 4) is 0 Å². The molecule has 0 aromatic rings. The third-order valence-corrected chi connectivity index (χ3v) is 2.99. The second-order valence-electron chi connectivity index (χ2n) is 3.89. The number of thioether (sulfide) groups is 1. The minimum absolute atomic E-state index is 0.0208. The summed E-state index contributed by atoms with van der Waals surface area (Å²) < 4.78 is 0. The zero-order valence-electron chi connectivity index (χ0n) is 9.11. The Morgan fingerprint density at radius 3 is 2.07 bits per heavy atom. The van der Waals surface area contributed by atoms with Crippen molar-refractivity contribution in [2.75, 3.05) is 0 Å². The summed E-state index contributed by atoms with van der Waals surface area (Å²) in [5.74, 6) is -0.894. The van der Waals surface area contributed by atoms with Crippen molar-refractivity contribution in [1.29, 1.82) is 0 Å². The molecule has 0 aliphatic rings. The molecule has 0 bridgehead atoms. The maximum Gasteiger partial charge on any atom is 0.307 e. The molecule has 82 valence electrons. The summed E-state index contributed by atoms with van der Waals surface area (Å²) in [5, 5.41) is 8.81. The molecule has 0 amide bonds. The van der Waals surface area contributed by atoms with Crippen LogP contribution >= 0.6 is 11.8 Å². The van der Waals surface area contributed by atoms with Gasteiger partial charge in [0.15, 0.2) is 5.12 Å². The van der Waals surface area contributed by atoms with Crippen molar-refractivity contribution in [2.45, 2.75) is 39.4 Å². The van der Waals surface area contributed by atoms with Gasteiger partial charge in [-0.15, -0.1) is 0 Å². The minimum Gasteiger partial charge on any atom is -0.481 e. The molecule has 2 unspecified atom stereocenters. The van der Waals surface area contributed by atoms with E-state index < -0.39 is 11.9 Å². The van der Waals surface area contributed by atoms with Crippen LogP contribution < -0.4 is 0 Å². The smallest absolute Gasteiger partial charge is 0.307 e. The molecule has 0 fully saturated rings. The van der Waals surface area contributed by atoms with Gasteiger partial charge in [0.2, 0.25) is 0 Å². The normalized spacial score (nSPS) is 15.2. The zero-order chi connectivity index (χ0) is 11.3. The predicted molar refractivity (Wildman–Crippen MR) is 58.3 cm³/mol. The van der Waals surface area contributed by atoms with Crippen molar-refractivity contribution in [3.63, 3.8) is 0 Å². The molecule has 0 heterocycles. The summed E-state index contributed by atoms with van der Waals surface area (Å²) in [4.78, 5) is 21.8. The summed E-state index contributed by atoms with van der Waals surface area (Å²) in [6.07, 6.45) is 0.622. The van der Waals surface area contributed by atoms with Crippen molar-refractivity contribution >= 4 is 22.8 Å². The van der Waals surface area contributed by atoms with Crippen molar-refractivity contribution in [3.05, 3.63) is 0 Å². The van der Waals surface area contributed by atoms with Crippen molar-refractivity contribution < 1.29 is 14.7 Å². The predicted octanol–water partition coefficient (Wildman–Crippen LogP) is 2.40. The van der Waals surface area contributed by atoms with E-state index in [4.69, 9.17) is 5.11 Å². The third kappa shape index (κ3) is 5.27. The van der Waals surface area contributed by atoms with Crippen LogP contribution in [-0.4, -0.2) is 21.4 Å². The quantitative estimate of drug-likeness (QED) is 0.770. The third-order valence-electron chi connectivity index (χ3n) is 1.96. The number of hydrogen-bond acceptors (Lipinski definition) is 3. The van der Waals surface area contributed by atoms with Crippen LogP contribution in [0.4, 0.5) is 0 Å². The average molecular weight is 218 g/mol. The second-order valence-corrected chi connectivity index (χ2v) is 5.44. The number of aliphatic carboxylic acids is 1. The van der Waals surface area contributed by atoms with Crippen LogP contribution in [0.3, 0.4) is 0 Å². The number of carbonyl (C=O) groups excluding carboxylic acids is 1. The highest BCUT2D eigenvalue weighted by Gasteiger charge is 2.26. The first-order valence-electron chi connectivity index (χ1n) is 4.74. The molecule has 0 radical (unpaired) electrons. The van der Waals surface area contributed by atoms with Crippen molar-refractivity contribution in [2.24, 2.45) is 11.8 Å². The summed E-state index contributed by atoms with van der Waals surface area (Å²) >= 11 is 1.11. The Labute approximate surface area is 89.3 Å². The fourth-order valence-electron chi connectivity index (χ4n) is 1.35. The Morgan fingerprint density at radius 2 is 1.79 bits per heavy atom. The molecule has 0 saturated heterocycles. The first-order chi connectivity index (χ1) is 6.34. The SMILES string of the molecule is CC(=O)SC(C)C(CC(C)C)C(=O)O. The van der Waals surface area contributed by atoms with Crippen LogP contribution in [0.15, 0.2) is 0 Å². The fourth-order valence-corrected chi connectivity index (χ4v) is 2.26. The molecule has 0 aliphatic heterocycles. The molecule has 1 N–H and O–H groups in total. The van der Waals surface area contributed by atoms with E-state index in [0.29, 0.717) is 12.3 Å². The van der Waals surface area contributed by atoms with E-state index in [1.807, 2.05) is 13.8 Å². The molecular formula is C10H18O3S. The molecule has 0 spiro atoms. The van der Waals surface area contributed by atoms with Gasteiger partial charge in [-0.05, 0) is 12.3 Å². The highest BCUT2D eigenvalue weighted by Crippen LogP contribution is 2.25. The molecule has 2 atom stereocenters. The highest BCUT2D eigenvalue weighted by molar-refractivity contribution is 8.14. The second kappa shape index (κ2) is 6.06. The Bertz CT molecular complexity index is 213. The van der Waals surface area contributed by atoms with Gasteiger partial charge in [0, 0.05) is 12.2 Å². The Balaban J connectivity index is 4.33. The number of hydrogen-bond donors (Lipinski definition) is 1. The largest absolute Gasteiger partial charge is 0.481 e. The number of rotatable bonds is 5. The molecule has 14 heavy (non-hydrogen) atoms. The van der Waals surface area contributed by atoms with Gasteiger partial charge in [0.05, 0.1) is 5.92 Å². The first kappa shape index (κ1) is 13.5. The highest BCUT2D eigenvalue weighted by atomic mass is 32.2. The Morgan fingerprint density at radius 1 is 1.29 bits per heavy atom. The lowest BCUT2D eigenvalue weighted by molar-refractivity contribution is -0.142. The summed E-state index contributed by atoms with van der Waals surface area (Å²) in [5.41, 5.74) is 0. The van der Waals surface area contributed by atoms with Gasteiger partial charge in [0.1, 0.15) is 0 Å². The van der Waals surface area contributed by atoms with E-state index in [2.05, 4.69) is 0 Å². The molecule has 0 aliphatic carbocycles. The summed E-state index contributed by atoms with van der Waals surface area (Å²) in [7, 11) is 0. The lowest BCUT2D eigenvalue weighted by Crippen LogP contribution is -2.25. The van der Waals surface area contributed by atoms with Gasteiger partial charge >= 0.3 is 5.97 Å². The standard InChI is InChI=1S/C10H18O3S/c1-6(2)5-9(10(12)13)7(3)14-8(4)11/h6-7,9H,5H2,1-4H3,(H,12,13). The molecule has 4 heteroatoms. The maximum atomic E-state index is 10.9. The minimum atomic E-state index is -0.806. The molecule has 0 aromatic carbocycles. The van der Waals surface area contributed by atoms with Crippen LogP contribution in [0, 0.1) is 11.8 Å². The van der Waals surface area contributed by atoms with E-state index in [1.165, 1.54) is 6.92 Å². The van der Waals surface area contributed by atoms with Gasteiger partial charge < -0.3 is 5.11 Å². The van der Waals surface area contributed by atoms with Gasteiger partial charge in [-0.25, -0.2) is 0 Å². The lowest BCUT2D eigenvalue weighted by Gasteiger charge is -2.20. The van der Waals surface area contributed by atoms with Crippen LogP contribution in [0.2, 0.25) is 0 Å². The number of carbonyl (C=O) groups is 2. The lowest BCUT2D eigenvalue weighted by atomic mass is 9.95. The van der Waals surface area contributed by atoms with Gasteiger partial charge in [-0.2, -0.15) is 0 Å². The van der Waals surface area contributed by atoms with Crippen LogP contribution in [-0.2, 0) is 9.59 Å². The average Bonchev–Trinajstić information content (AvgIpc) is 1.97. The number of carboxylic acid groups (broad SMARTS) is 1. The van der Waals surface area contributed by atoms with Crippen LogP contribution in [0.1, 0.15) is 34.1 Å². The van der Waals surface area contributed by atoms with Crippen molar-refractivity contribution in [1.82, 2.24) is 0 Å². The van der Waals surface area contributed by atoms with E-state index in [9.17, 15) is 9.59 Å². The van der Waals surface area contributed by atoms with Gasteiger partial charge in [-0.1, -0.05) is 32.5 Å². The zero-order valence-corrected chi connectivity index (χ0v) is 9.93. The topological polar surface area (TPSA) is 54.4 Å². The first-order valence-corrected chi connectivity index (χ1v) is 5.62. The molecule has 0 aromatic heterocycles. The van der Waals surface area contributed by atoms with Crippen LogP contribution in [0.25, 0.3) is 0 Å². The monoisotopic (exact) mass is 218 g/mol. The summed E-state index contributed by atoms with van der Waals surface area (Å²) in [6, 6.07) is 0. The molecule has 0 saturated carbocycles. The van der Waals surface area contributed by atoms with E-state index >= 15 is 0 Å². The maximum absolute atomic E-state index is 10.9. The van der Waals surface area contributed by atoms with E-state index in [0.717, 1.165) is 11.8 Å². The Kier molecular flexibility index (Phi) is 5.84. The molecular weight excluding hydrogens is 200 g/mol. The van der Waals surface area contributed by atoms with E-state index in [-0.39, 0.29) is 10.4 Å². The van der Waals surface area contributed by atoms with Crippen LogP contribution in [0.5, 0.6) is 0 Å². The molecule has 0 rings (SSSR count).